The van der Waals surface area contributed by atoms with Crippen LogP contribution in [0.1, 0.15) is 19.4 Å². The summed E-state index contributed by atoms with van der Waals surface area (Å²) in [4.78, 5) is 13.5. The minimum atomic E-state index is -4.38. The van der Waals surface area contributed by atoms with Crippen molar-refractivity contribution in [1.29, 1.82) is 0 Å². The number of halogens is 3. The fourth-order valence-electron chi connectivity index (χ4n) is 2.12. The molecule has 0 unspecified atom stereocenters. The van der Waals surface area contributed by atoms with E-state index in [0.717, 1.165) is 12.1 Å². The minimum Gasteiger partial charge on any atom is -0.322 e. The van der Waals surface area contributed by atoms with Crippen LogP contribution < -0.4 is 11.1 Å². The van der Waals surface area contributed by atoms with E-state index in [1.54, 1.807) is 0 Å². The Hall–Kier alpha value is -1.76. The molecule has 0 aliphatic carbocycles. The largest absolute Gasteiger partial charge is 0.416 e. The number of amides is 2. The molecule has 2 rings (SSSR count). The molecule has 116 valence electrons. The summed E-state index contributed by atoms with van der Waals surface area (Å²) in [5, 5.41) is 2.56. The SMILES string of the molecule is CC(C)C1(N)CN(C(=O)Nc2ccc(C(F)(F)F)cc2)C1. The Morgan fingerprint density at radius 2 is 1.81 bits per heavy atom. The molecule has 1 aromatic rings. The van der Waals surface area contributed by atoms with E-state index in [0.29, 0.717) is 18.8 Å². The highest BCUT2D eigenvalue weighted by atomic mass is 19.4. The summed E-state index contributed by atoms with van der Waals surface area (Å²) in [5.74, 6) is 0.257. The highest BCUT2D eigenvalue weighted by Gasteiger charge is 2.44. The number of nitrogens with one attached hydrogen (secondary N) is 1. The number of nitrogens with two attached hydrogens (primary N) is 1. The van der Waals surface area contributed by atoms with Gasteiger partial charge in [0.1, 0.15) is 0 Å². The lowest BCUT2D eigenvalue weighted by Crippen LogP contribution is -2.71. The fraction of sp³-hybridized carbons (Fsp3) is 0.500. The minimum absolute atomic E-state index is 0.257. The van der Waals surface area contributed by atoms with Gasteiger partial charge in [-0.15, -0.1) is 0 Å². The van der Waals surface area contributed by atoms with Crippen molar-refractivity contribution in [1.82, 2.24) is 4.90 Å². The third-order valence-electron chi connectivity index (χ3n) is 3.87. The highest BCUT2D eigenvalue weighted by Crippen LogP contribution is 2.30. The zero-order valence-electron chi connectivity index (χ0n) is 11.9. The molecule has 0 aromatic heterocycles. The van der Waals surface area contributed by atoms with Crippen LogP contribution in [0.5, 0.6) is 0 Å². The van der Waals surface area contributed by atoms with Gasteiger partial charge in [-0.25, -0.2) is 4.79 Å². The van der Waals surface area contributed by atoms with Crippen LogP contribution in [-0.4, -0.2) is 29.6 Å². The Morgan fingerprint density at radius 1 is 1.29 bits per heavy atom. The van der Waals surface area contributed by atoms with Crippen LogP contribution in [0.15, 0.2) is 24.3 Å². The molecule has 0 saturated carbocycles. The van der Waals surface area contributed by atoms with Crippen molar-refractivity contribution in [3.05, 3.63) is 29.8 Å². The first-order valence-electron chi connectivity index (χ1n) is 6.64. The molecule has 0 radical (unpaired) electrons. The van der Waals surface area contributed by atoms with Gasteiger partial charge in [-0.2, -0.15) is 13.2 Å². The van der Waals surface area contributed by atoms with Crippen molar-refractivity contribution in [2.75, 3.05) is 18.4 Å². The van der Waals surface area contributed by atoms with Gasteiger partial charge in [0.05, 0.1) is 11.1 Å². The number of likely N-dealkylation sites (tertiary alicyclic amines) is 1. The lowest BCUT2D eigenvalue weighted by Gasteiger charge is -2.50. The average molecular weight is 301 g/mol. The summed E-state index contributed by atoms with van der Waals surface area (Å²) in [5.41, 5.74) is 5.29. The number of hydrogen-bond donors (Lipinski definition) is 2. The first kappa shape index (κ1) is 15.6. The molecule has 4 nitrogen and oxygen atoms in total. The van der Waals surface area contributed by atoms with E-state index in [4.69, 9.17) is 5.73 Å². The number of carbonyl (C=O) groups excluding carboxylic acids is 1. The van der Waals surface area contributed by atoms with E-state index in [1.165, 1.54) is 17.0 Å². The first-order chi connectivity index (χ1) is 9.62. The van der Waals surface area contributed by atoms with E-state index in [-0.39, 0.29) is 17.5 Å². The van der Waals surface area contributed by atoms with E-state index < -0.39 is 11.7 Å². The Labute approximate surface area is 121 Å². The number of benzene rings is 1. The van der Waals surface area contributed by atoms with Crippen LogP contribution >= 0.6 is 0 Å². The third kappa shape index (κ3) is 3.29. The Bertz CT molecular complexity index is 519. The summed E-state index contributed by atoms with van der Waals surface area (Å²) in [6.45, 7) is 4.87. The second-order valence-corrected chi connectivity index (χ2v) is 5.75. The quantitative estimate of drug-likeness (QED) is 0.882. The molecule has 2 amide bonds. The van der Waals surface area contributed by atoms with Crippen LogP contribution in [0.4, 0.5) is 23.7 Å². The van der Waals surface area contributed by atoms with Gasteiger partial charge in [-0.1, -0.05) is 13.8 Å². The number of carbonyl (C=O) groups is 1. The van der Waals surface area contributed by atoms with Crippen molar-refractivity contribution in [2.45, 2.75) is 25.6 Å². The molecule has 1 aromatic carbocycles. The van der Waals surface area contributed by atoms with Gasteiger partial charge in [0.2, 0.25) is 0 Å². The predicted octanol–water partition coefficient (Wildman–Crippen LogP) is 2.91. The fourth-order valence-corrected chi connectivity index (χ4v) is 2.12. The van der Waals surface area contributed by atoms with Crippen LogP contribution in [0, 0.1) is 5.92 Å². The van der Waals surface area contributed by atoms with Gasteiger partial charge in [-0.05, 0) is 30.2 Å². The van der Waals surface area contributed by atoms with Gasteiger partial charge in [0.25, 0.3) is 0 Å². The summed E-state index contributed by atoms with van der Waals surface area (Å²) in [7, 11) is 0. The Kier molecular flexibility index (Phi) is 3.88. The highest BCUT2D eigenvalue weighted by molar-refractivity contribution is 5.90. The van der Waals surface area contributed by atoms with Gasteiger partial charge in [-0.3, -0.25) is 0 Å². The average Bonchev–Trinajstić information content (AvgIpc) is 2.34. The zero-order valence-corrected chi connectivity index (χ0v) is 11.9. The normalized spacial score (nSPS) is 17.6. The summed E-state index contributed by atoms with van der Waals surface area (Å²) < 4.78 is 37.3. The van der Waals surface area contributed by atoms with Gasteiger partial charge < -0.3 is 16.0 Å². The number of hydrogen-bond acceptors (Lipinski definition) is 2. The van der Waals surface area contributed by atoms with Crippen LogP contribution in [0.3, 0.4) is 0 Å². The van der Waals surface area contributed by atoms with E-state index in [1.807, 2.05) is 13.8 Å². The molecule has 21 heavy (non-hydrogen) atoms. The second kappa shape index (κ2) is 5.22. The van der Waals surface area contributed by atoms with Gasteiger partial charge >= 0.3 is 12.2 Å². The van der Waals surface area contributed by atoms with Gasteiger partial charge in [0, 0.05) is 18.8 Å². The lowest BCUT2D eigenvalue weighted by atomic mass is 9.80. The monoisotopic (exact) mass is 301 g/mol. The molecule has 1 heterocycles. The van der Waals surface area contributed by atoms with Crippen molar-refractivity contribution in [3.8, 4) is 0 Å². The number of alkyl halides is 3. The molecule has 0 atom stereocenters. The van der Waals surface area contributed by atoms with Crippen molar-refractivity contribution >= 4 is 11.7 Å². The van der Waals surface area contributed by atoms with Crippen molar-refractivity contribution in [3.63, 3.8) is 0 Å². The predicted molar refractivity (Wildman–Crippen MR) is 73.8 cm³/mol. The molecular formula is C14H18F3N3O. The smallest absolute Gasteiger partial charge is 0.322 e. The standard InChI is InChI=1S/C14H18F3N3O/c1-9(2)13(18)7-20(8-13)12(21)19-11-5-3-10(4-6-11)14(15,16)17/h3-6,9H,7-8,18H2,1-2H3,(H,19,21). The Morgan fingerprint density at radius 3 is 2.24 bits per heavy atom. The van der Waals surface area contributed by atoms with Crippen molar-refractivity contribution in [2.24, 2.45) is 11.7 Å². The summed E-state index contributed by atoms with van der Waals surface area (Å²) in [6.07, 6.45) is -4.38. The van der Waals surface area contributed by atoms with Crippen LogP contribution in [-0.2, 0) is 6.18 Å². The summed E-state index contributed by atoms with van der Waals surface area (Å²) in [6, 6.07) is 3.99. The molecule has 1 fully saturated rings. The second-order valence-electron chi connectivity index (χ2n) is 5.75. The molecular weight excluding hydrogens is 283 g/mol. The maximum absolute atomic E-state index is 12.4. The maximum Gasteiger partial charge on any atom is 0.416 e. The molecule has 0 bridgehead atoms. The number of anilines is 1. The molecule has 0 spiro atoms. The van der Waals surface area contributed by atoms with Crippen LogP contribution in [0.25, 0.3) is 0 Å². The molecule has 7 heteroatoms. The summed E-state index contributed by atoms with van der Waals surface area (Å²) >= 11 is 0. The number of nitrogens with zero attached hydrogens (tertiary/aromatic N) is 1. The van der Waals surface area contributed by atoms with E-state index in [2.05, 4.69) is 5.32 Å². The topological polar surface area (TPSA) is 58.4 Å². The van der Waals surface area contributed by atoms with E-state index >= 15 is 0 Å². The van der Waals surface area contributed by atoms with Crippen molar-refractivity contribution < 1.29 is 18.0 Å². The molecule has 3 N–H and O–H groups in total. The Balaban J connectivity index is 1.93. The van der Waals surface area contributed by atoms with Gasteiger partial charge in [0.15, 0.2) is 0 Å². The molecule has 1 saturated heterocycles. The molecule has 1 aliphatic rings. The number of urea groups is 1. The van der Waals surface area contributed by atoms with E-state index in [9.17, 15) is 18.0 Å². The number of rotatable bonds is 2. The third-order valence-corrected chi connectivity index (χ3v) is 3.87. The maximum atomic E-state index is 12.4. The van der Waals surface area contributed by atoms with Crippen LogP contribution in [0.2, 0.25) is 0 Å². The lowest BCUT2D eigenvalue weighted by molar-refractivity contribution is -0.137. The zero-order chi connectivity index (χ0) is 15.8. The first-order valence-corrected chi connectivity index (χ1v) is 6.64. The molecule has 1 aliphatic heterocycles.